The predicted molar refractivity (Wildman–Crippen MR) is 85.6 cm³/mol. The Kier molecular flexibility index (Phi) is 5.45. The van der Waals surface area contributed by atoms with Crippen LogP contribution in [0.15, 0.2) is 12.4 Å². The third kappa shape index (κ3) is 4.73. The van der Waals surface area contributed by atoms with Crippen LogP contribution in [0.2, 0.25) is 0 Å². The van der Waals surface area contributed by atoms with Gasteiger partial charge in [0.2, 0.25) is 0 Å². The van der Waals surface area contributed by atoms with Gasteiger partial charge in [0.05, 0.1) is 6.20 Å². The molecule has 0 saturated carbocycles. The third-order valence-corrected chi connectivity index (χ3v) is 3.93. The van der Waals surface area contributed by atoms with Crippen LogP contribution < -0.4 is 5.32 Å². The van der Waals surface area contributed by atoms with E-state index in [2.05, 4.69) is 22.4 Å². The highest BCUT2D eigenvalue weighted by atomic mass is 16.6. The smallest absolute Gasteiger partial charge is 0.410 e. The zero-order valence-corrected chi connectivity index (χ0v) is 14.1. The number of H-pyrrole nitrogens is 1. The van der Waals surface area contributed by atoms with Crippen molar-refractivity contribution in [1.82, 2.24) is 20.4 Å². The molecule has 1 aromatic heterocycles. The molecule has 1 aliphatic heterocycles. The number of likely N-dealkylation sites (tertiary alicyclic amines) is 1. The summed E-state index contributed by atoms with van der Waals surface area (Å²) in [6, 6.07) is 0.402. The van der Waals surface area contributed by atoms with Crippen LogP contribution in [-0.4, -0.2) is 45.9 Å². The molecule has 1 aromatic rings. The minimum atomic E-state index is -0.448. The molecule has 2 rings (SSSR count). The Morgan fingerprint density at radius 2 is 2.32 bits per heavy atom. The second-order valence-corrected chi connectivity index (χ2v) is 6.98. The molecule has 6 heteroatoms. The van der Waals surface area contributed by atoms with Crippen LogP contribution in [0.4, 0.5) is 4.79 Å². The molecule has 0 spiro atoms. The highest BCUT2D eigenvalue weighted by molar-refractivity contribution is 5.68. The van der Waals surface area contributed by atoms with Crippen LogP contribution in [0.25, 0.3) is 0 Å². The minimum Gasteiger partial charge on any atom is -0.444 e. The van der Waals surface area contributed by atoms with E-state index in [-0.39, 0.29) is 18.2 Å². The van der Waals surface area contributed by atoms with E-state index in [4.69, 9.17) is 4.74 Å². The molecule has 22 heavy (non-hydrogen) atoms. The molecule has 2 N–H and O–H groups in total. The minimum absolute atomic E-state index is 0.193. The summed E-state index contributed by atoms with van der Waals surface area (Å²) in [5.74, 6) is 0. The van der Waals surface area contributed by atoms with Crippen LogP contribution in [0.5, 0.6) is 0 Å². The first-order valence-electron chi connectivity index (χ1n) is 8.08. The molecule has 0 radical (unpaired) electrons. The summed E-state index contributed by atoms with van der Waals surface area (Å²) in [5, 5.41) is 10.3. The van der Waals surface area contributed by atoms with Gasteiger partial charge in [-0.05, 0) is 47.0 Å². The highest BCUT2D eigenvalue weighted by Crippen LogP contribution is 2.21. The van der Waals surface area contributed by atoms with E-state index < -0.39 is 5.60 Å². The molecule has 2 atom stereocenters. The van der Waals surface area contributed by atoms with E-state index in [1.165, 1.54) is 0 Å². The van der Waals surface area contributed by atoms with E-state index in [9.17, 15) is 4.79 Å². The zero-order chi connectivity index (χ0) is 16.2. The third-order valence-electron chi connectivity index (χ3n) is 3.93. The number of rotatable bonds is 4. The van der Waals surface area contributed by atoms with Gasteiger partial charge < -0.3 is 15.0 Å². The largest absolute Gasteiger partial charge is 0.444 e. The van der Waals surface area contributed by atoms with E-state index in [0.29, 0.717) is 0 Å². The molecule has 1 aliphatic rings. The average molecular weight is 308 g/mol. The molecule has 0 aromatic carbocycles. The van der Waals surface area contributed by atoms with Gasteiger partial charge in [0.1, 0.15) is 5.60 Å². The summed E-state index contributed by atoms with van der Waals surface area (Å²) in [4.78, 5) is 14.2. The van der Waals surface area contributed by atoms with Crippen molar-refractivity contribution in [3.05, 3.63) is 18.0 Å². The average Bonchev–Trinajstić information content (AvgIpc) is 2.97. The summed E-state index contributed by atoms with van der Waals surface area (Å²) >= 11 is 0. The van der Waals surface area contributed by atoms with E-state index in [1.54, 1.807) is 0 Å². The van der Waals surface area contributed by atoms with Crippen LogP contribution in [0, 0.1) is 0 Å². The van der Waals surface area contributed by atoms with Gasteiger partial charge >= 0.3 is 6.09 Å². The summed E-state index contributed by atoms with van der Waals surface area (Å²) in [7, 11) is 0. The molecule has 1 fully saturated rings. The second-order valence-electron chi connectivity index (χ2n) is 6.98. The predicted octanol–water partition coefficient (Wildman–Crippen LogP) is 2.85. The lowest BCUT2D eigenvalue weighted by atomic mass is 10.0. The molecule has 0 aliphatic carbocycles. The van der Waals surface area contributed by atoms with Crippen molar-refractivity contribution in [1.29, 1.82) is 0 Å². The van der Waals surface area contributed by atoms with Gasteiger partial charge in [-0.15, -0.1) is 0 Å². The van der Waals surface area contributed by atoms with Crippen molar-refractivity contribution in [2.75, 3.05) is 13.1 Å². The van der Waals surface area contributed by atoms with Crippen LogP contribution in [0.3, 0.4) is 0 Å². The number of hydrogen-bond donors (Lipinski definition) is 2. The fraction of sp³-hybridized carbons (Fsp3) is 0.750. The summed E-state index contributed by atoms with van der Waals surface area (Å²) < 4.78 is 5.53. The molecule has 2 unspecified atom stereocenters. The topological polar surface area (TPSA) is 70.2 Å². The van der Waals surface area contributed by atoms with E-state index >= 15 is 0 Å². The molecule has 1 saturated heterocycles. The number of nitrogens with zero attached hydrogens (tertiary/aromatic N) is 2. The molecular weight excluding hydrogens is 280 g/mol. The molecule has 0 bridgehead atoms. The Hall–Kier alpha value is -1.56. The molecule has 2 heterocycles. The number of carbonyl (C=O) groups is 1. The number of carbonyl (C=O) groups excluding carboxylic acids is 1. The fourth-order valence-electron chi connectivity index (χ4n) is 2.70. The van der Waals surface area contributed by atoms with Crippen LogP contribution in [0.1, 0.15) is 58.6 Å². The summed E-state index contributed by atoms with van der Waals surface area (Å²) in [6.07, 6.45) is 6.74. The van der Waals surface area contributed by atoms with Gasteiger partial charge in [-0.1, -0.05) is 0 Å². The number of piperidine rings is 1. The molecule has 124 valence electrons. The van der Waals surface area contributed by atoms with Gasteiger partial charge in [0.15, 0.2) is 0 Å². The first-order valence-corrected chi connectivity index (χ1v) is 8.08. The van der Waals surface area contributed by atoms with Gasteiger partial charge in [0, 0.05) is 36.9 Å². The van der Waals surface area contributed by atoms with Crippen molar-refractivity contribution >= 4 is 6.09 Å². The lowest BCUT2D eigenvalue weighted by Gasteiger charge is -2.37. The Bertz CT molecular complexity index is 467. The quantitative estimate of drug-likeness (QED) is 0.897. The maximum Gasteiger partial charge on any atom is 0.410 e. The van der Waals surface area contributed by atoms with Gasteiger partial charge in [-0.25, -0.2) is 4.79 Å². The maximum absolute atomic E-state index is 12.4. The number of nitrogens with one attached hydrogen (secondary N) is 2. The Morgan fingerprint density at radius 3 is 2.95 bits per heavy atom. The molecule has 6 nitrogen and oxygen atoms in total. The Labute approximate surface area is 132 Å². The Morgan fingerprint density at radius 1 is 1.55 bits per heavy atom. The van der Waals surface area contributed by atoms with Crippen molar-refractivity contribution in [2.45, 2.75) is 64.6 Å². The van der Waals surface area contributed by atoms with E-state index in [0.717, 1.165) is 37.9 Å². The number of hydrogen-bond acceptors (Lipinski definition) is 4. The van der Waals surface area contributed by atoms with Gasteiger partial charge in [-0.2, -0.15) is 5.10 Å². The van der Waals surface area contributed by atoms with Crippen LogP contribution in [-0.2, 0) is 4.74 Å². The summed E-state index contributed by atoms with van der Waals surface area (Å²) in [5.41, 5.74) is 0.677. The normalized spacial score (nSPS) is 20.7. The monoisotopic (exact) mass is 308 g/mol. The highest BCUT2D eigenvalue weighted by Gasteiger charge is 2.30. The fourth-order valence-corrected chi connectivity index (χ4v) is 2.70. The van der Waals surface area contributed by atoms with Crippen molar-refractivity contribution in [2.24, 2.45) is 0 Å². The SMILES string of the molecule is CC(NCC1CCCCN1C(=O)OC(C)(C)C)c1cn[nH]c1. The molecule has 1 amide bonds. The van der Waals surface area contributed by atoms with E-state index in [1.807, 2.05) is 38.1 Å². The molecular formula is C16H28N4O2. The van der Waals surface area contributed by atoms with Gasteiger partial charge in [-0.3, -0.25) is 5.10 Å². The van der Waals surface area contributed by atoms with Crippen molar-refractivity contribution in [3.63, 3.8) is 0 Å². The lowest BCUT2D eigenvalue weighted by Crippen LogP contribution is -2.50. The number of ether oxygens (including phenoxy) is 1. The van der Waals surface area contributed by atoms with Crippen LogP contribution >= 0.6 is 0 Å². The maximum atomic E-state index is 12.4. The number of aromatic amines is 1. The van der Waals surface area contributed by atoms with Crippen molar-refractivity contribution < 1.29 is 9.53 Å². The first-order chi connectivity index (χ1) is 10.4. The Balaban J connectivity index is 1.90. The second kappa shape index (κ2) is 7.13. The standard InChI is InChI=1S/C16H28N4O2/c1-12(13-9-18-19-10-13)17-11-14-7-5-6-8-20(14)15(21)22-16(2,3)4/h9-10,12,14,17H,5-8,11H2,1-4H3,(H,18,19). The lowest BCUT2D eigenvalue weighted by molar-refractivity contribution is 0.00970. The first kappa shape index (κ1) is 16.8. The van der Waals surface area contributed by atoms with Gasteiger partial charge in [0.25, 0.3) is 0 Å². The summed E-state index contributed by atoms with van der Waals surface area (Å²) in [6.45, 7) is 9.37. The number of aromatic nitrogens is 2. The van der Waals surface area contributed by atoms with Crippen molar-refractivity contribution in [3.8, 4) is 0 Å². The number of amides is 1. The zero-order valence-electron chi connectivity index (χ0n) is 14.1.